The average Bonchev–Trinajstić information content (AvgIpc) is 3.27. The molecule has 0 fully saturated rings. The molecular weight excluding hydrogens is 324 g/mol. The monoisotopic (exact) mass is 342 g/mol. The van der Waals surface area contributed by atoms with Gasteiger partial charge >= 0.3 is 0 Å². The first-order valence-electron chi connectivity index (χ1n) is 7.30. The zero-order valence-electron chi connectivity index (χ0n) is 12.8. The minimum atomic E-state index is 0.667. The van der Waals surface area contributed by atoms with E-state index in [1.165, 1.54) is 5.56 Å². The number of rotatable bonds is 5. The minimum Gasteiger partial charge on any atom is -0.352 e. The summed E-state index contributed by atoms with van der Waals surface area (Å²) in [6, 6.07) is 12.3. The first-order valence-corrected chi connectivity index (χ1v) is 9.13. The van der Waals surface area contributed by atoms with Gasteiger partial charge in [-0.15, -0.1) is 11.3 Å². The Hall–Kier alpha value is -2.18. The Morgan fingerprint density at radius 1 is 1.09 bits per heavy atom. The van der Waals surface area contributed by atoms with Crippen molar-refractivity contribution in [2.24, 2.45) is 4.99 Å². The van der Waals surface area contributed by atoms with Crippen LogP contribution in [0.5, 0.6) is 0 Å². The number of benzene rings is 1. The van der Waals surface area contributed by atoms with Gasteiger partial charge in [-0.1, -0.05) is 30.3 Å². The van der Waals surface area contributed by atoms with Crippen molar-refractivity contribution in [3.05, 3.63) is 63.1 Å². The Bertz CT molecular complexity index is 748. The van der Waals surface area contributed by atoms with Gasteiger partial charge in [0.2, 0.25) is 0 Å². The highest BCUT2D eigenvalue weighted by Crippen LogP contribution is 2.21. The molecule has 1 aromatic carbocycles. The molecule has 2 N–H and O–H groups in total. The Kier molecular flexibility index (Phi) is 5.39. The third-order valence-corrected chi connectivity index (χ3v) is 4.87. The van der Waals surface area contributed by atoms with Gasteiger partial charge in [0.05, 0.1) is 12.2 Å². The van der Waals surface area contributed by atoms with Crippen LogP contribution in [0.2, 0.25) is 0 Å². The van der Waals surface area contributed by atoms with E-state index in [1.54, 1.807) is 29.7 Å². The van der Waals surface area contributed by atoms with Crippen LogP contribution < -0.4 is 10.6 Å². The Morgan fingerprint density at radius 3 is 2.65 bits per heavy atom. The van der Waals surface area contributed by atoms with Crippen molar-refractivity contribution in [3.63, 3.8) is 0 Å². The molecule has 0 aliphatic rings. The number of aromatic nitrogens is 1. The van der Waals surface area contributed by atoms with Crippen LogP contribution in [0, 0.1) is 0 Å². The summed E-state index contributed by atoms with van der Waals surface area (Å²) in [6.07, 6.45) is 0. The highest BCUT2D eigenvalue weighted by Gasteiger charge is 2.05. The molecule has 2 aromatic heterocycles. The molecule has 0 amide bonds. The van der Waals surface area contributed by atoms with Crippen LogP contribution in [0.4, 0.5) is 0 Å². The molecule has 0 saturated carbocycles. The molecule has 0 saturated heterocycles. The van der Waals surface area contributed by atoms with E-state index in [-0.39, 0.29) is 0 Å². The second-order valence-electron chi connectivity index (χ2n) is 4.90. The van der Waals surface area contributed by atoms with Gasteiger partial charge in [-0.25, -0.2) is 4.98 Å². The molecule has 23 heavy (non-hydrogen) atoms. The molecule has 0 spiro atoms. The lowest BCUT2D eigenvalue weighted by atomic mass is 10.2. The van der Waals surface area contributed by atoms with Gasteiger partial charge in [0.25, 0.3) is 0 Å². The standard InChI is InChI=1S/C17H18N4S2/c1-18-17(19-9-13-7-8-22-11-13)20-10-16-21-15(12-23-16)14-5-3-2-4-6-14/h2-8,11-12H,9-10H2,1H3,(H2,18,19,20). The van der Waals surface area contributed by atoms with Crippen molar-refractivity contribution < 1.29 is 0 Å². The third kappa shape index (κ3) is 4.40. The lowest BCUT2D eigenvalue weighted by Gasteiger charge is -2.09. The van der Waals surface area contributed by atoms with Crippen molar-refractivity contribution in [2.75, 3.05) is 7.05 Å². The van der Waals surface area contributed by atoms with Gasteiger partial charge in [0.15, 0.2) is 5.96 Å². The highest BCUT2D eigenvalue weighted by atomic mass is 32.1. The molecule has 118 valence electrons. The average molecular weight is 342 g/mol. The molecule has 0 bridgehead atoms. The van der Waals surface area contributed by atoms with E-state index in [4.69, 9.17) is 0 Å². The minimum absolute atomic E-state index is 0.667. The number of nitrogens with zero attached hydrogens (tertiary/aromatic N) is 2. The number of guanidine groups is 1. The maximum atomic E-state index is 4.67. The Morgan fingerprint density at radius 2 is 1.91 bits per heavy atom. The molecule has 0 atom stereocenters. The van der Waals surface area contributed by atoms with E-state index < -0.39 is 0 Å². The molecule has 0 radical (unpaired) electrons. The predicted molar refractivity (Wildman–Crippen MR) is 98.9 cm³/mol. The quantitative estimate of drug-likeness (QED) is 0.548. The lowest BCUT2D eigenvalue weighted by molar-refractivity contribution is 0.807. The van der Waals surface area contributed by atoms with Crippen LogP contribution in [0.15, 0.2) is 57.5 Å². The number of hydrogen-bond acceptors (Lipinski definition) is 4. The van der Waals surface area contributed by atoms with E-state index in [9.17, 15) is 0 Å². The Balaban J connectivity index is 1.54. The molecule has 3 rings (SSSR count). The second kappa shape index (κ2) is 7.89. The van der Waals surface area contributed by atoms with E-state index in [0.29, 0.717) is 6.54 Å². The predicted octanol–water partition coefficient (Wildman–Crippen LogP) is 3.74. The van der Waals surface area contributed by atoms with Gasteiger partial charge in [-0.2, -0.15) is 11.3 Å². The fraction of sp³-hybridized carbons (Fsp3) is 0.176. The summed E-state index contributed by atoms with van der Waals surface area (Å²) in [6.45, 7) is 1.44. The summed E-state index contributed by atoms with van der Waals surface area (Å²) < 4.78 is 0. The van der Waals surface area contributed by atoms with Gasteiger partial charge in [0, 0.05) is 24.5 Å². The summed E-state index contributed by atoms with van der Waals surface area (Å²) in [5.74, 6) is 0.785. The Labute approximate surface area is 144 Å². The molecule has 2 heterocycles. The number of nitrogens with one attached hydrogen (secondary N) is 2. The molecule has 0 aliphatic heterocycles. The normalized spacial score (nSPS) is 11.4. The smallest absolute Gasteiger partial charge is 0.191 e. The zero-order chi connectivity index (χ0) is 15.9. The zero-order valence-corrected chi connectivity index (χ0v) is 14.5. The third-order valence-electron chi connectivity index (χ3n) is 3.29. The molecule has 0 aliphatic carbocycles. The van der Waals surface area contributed by atoms with Crippen molar-refractivity contribution in [2.45, 2.75) is 13.1 Å². The summed E-state index contributed by atoms with van der Waals surface area (Å²) in [5.41, 5.74) is 3.43. The van der Waals surface area contributed by atoms with E-state index in [0.717, 1.165) is 28.8 Å². The van der Waals surface area contributed by atoms with Crippen LogP contribution in [-0.4, -0.2) is 18.0 Å². The number of thiophene rings is 1. The number of thiazole rings is 1. The molecule has 6 heteroatoms. The summed E-state index contributed by atoms with van der Waals surface area (Å²) in [4.78, 5) is 8.91. The summed E-state index contributed by atoms with van der Waals surface area (Å²) in [7, 11) is 1.78. The van der Waals surface area contributed by atoms with E-state index in [2.05, 4.69) is 54.9 Å². The topological polar surface area (TPSA) is 49.3 Å². The van der Waals surface area contributed by atoms with E-state index >= 15 is 0 Å². The van der Waals surface area contributed by atoms with Gasteiger partial charge < -0.3 is 10.6 Å². The fourth-order valence-electron chi connectivity index (χ4n) is 2.09. The van der Waals surface area contributed by atoms with Crippen molar-refractivity contribution >= 4 is 28.6 Å². The molecule has 3 aromatic rings. The van der Waals surface area contributed by atoms with Crippen molar-refractivity contribution in [1.29, 1.82) is 0 Å². The van der Waals surface area contributed by atoms with Gasteiger partial charge in [0.1, 0.15) is 5.01 Å². The highest BCUT2D eigenvalue weighted by molar-refractivity contribution is 7.10. The van der Waals surface area contributed by atoms with Crippen LogP contribution in [0.1, 0.15) is 10.6 Å². The van der Waals surface area contributed by atoms with Crippen LogP contribution in [0.3, 0.4) is 0 Å². The number of hydrogen-bond donors (Lipinski definition) is 2. The fourth-order valence-corrected chi connectivity index (χ4v) is 3.50. The van der Waals surface area contributed by atoms with Crippen LogP contribution in [-0.2, 0) is 13.1 Å². The summed E-state index contributed by atoms with van der Waals surface area (Å²) in [5, 5.41) is 14.0. The van der Waals surface area contributed by atoms with E-state index in [1.807, 2.05) is 18.2 Å². The molecule has 0 unspecified atom stereocenters. The summed E-state index contributed by atoms with van der Waals surface area (Å²) >= 11 is 3.36. The largest absolute Gasteiger partial charge is 0.352 e. The molecule has 4 nitrogen and oxygen atoms in total. The lowest BCUT2D eigenvalue weighted by Crippen LogP contribution is -2.36. The second-order valence-corrected chi connectivity index (χ2v) is 6.63. The maximum Gasteiger partial charge on any atom is 0.191 e. The first kappa shape index (κ1) is 15.7. The van der Waals surface area contributed by atoms with Crippen molar-refractivity contribution in [3.8, 4) is 11.3 Å². The van der Waals surface area contributed by atoms with Gasteiger partial charge in [-0.3, -0.25) is 4.99 Å². The maximum absolute atomic E-state index is 4.67. The van der Waals surface area contributed by atoms with Crippen LogP contribution in [0.25, 0.3) is 11.3 Å². The first-order chi connectivity index (χ1) is 11.3. The van der Waals surface area contributed by atoms with Gasteiger partial charge in [-0.05, 0) is 22.4 Å². The van der Waals surface area contributed by atoms with Crippen molar-refractivity contribution in [1.82, 2.24) is 15.6 Å². The van der Waals surface area contributed by atoms with Crippen LogP contribution >= 0.6 is 22.7 Å². The number of aliphatic imine (C=N–C) groups is 1. The SMILES string of the molecule is CN=C(NCc1ccsc1)NCc1nc(-c2ccccc2)cs1. The molecular formula is C17H18N4S2.